The largest absolute Gasteiger partial charge is 0.478 e. The number of aliphatic carboxylic acids is 1. The first-order valence-corrected chi connectivity index (χ1v) is 7.22. The number of nitrogens with zero attached hydrogens (tertiary/aromatic N) is 1. The lowest BCUT2D eigenvalue weighted by Crippen LogP contribution is -2.24. The molecule has 0 aromatic heterocycles. The van der Waals surface area contributed by atoms with Crippen LogP contribution in [0.5, 0.6) is 0 Å². The van der Waals surface area contributed by atoms with Crippen molar-refractivity contribution in [3.63, 3.8) is 0 Å². The van der Waals surface area contributed by atoms with E-state index in [0.717, 1.165) is 28.3 Å². The second-order valence-corrected chi connectivity index (χ2v) is 5.63. The summed E-state index contributed by atoms with van der Waals surface area (Å²) in [6, 6.07) is 5.79. The number of halogens is 1. The summed E-state index contributed by atoms with van der Waals surface area (Å²) in [5.41, 5.74) is 1.83. The number of rotatable bonds is 7. The topological polar surface area (TPSA) is 49.8 Å². The normalized spacial score (nSPS) is 11.2. The van der Waals surface area contributed by atoms with E-state index in [9.17, 15) is 4.79 Å². The van der Waals surface area contributed by atoms with Crippen molar-refractivity contribution in [2.75, 3.05) is 25.1 Å². The Morgan fingerprint density at radius 2 is 2.20 bits per heavy atom. The fourth-order valence-electron chi connectivity index (χ4n) is 1.71. The van der Waals surface area contributed by atoms with Crippen LogP contribution in [-0.2, 0) is 9.53 Å². The van der Waals surface area contributed by atoms with E-state index in [1.807, 2.05) is 39.1 Å². The Morgan fingerprint density at radius 3 is 2.80 bits per heavy atom. The third kappa shape index (κ3) is 5.75. The molecule has 5 heteroatoms. The van der Waals surface area contributed by atoms with Crippen molar-refractivity contribution in [1.82, 2.24) is 0 Å². The van der Waals surface area contributed by atoms with Gasteiger partial charge in [0.1, 0.15) is 0 Å². The molecule has 0 aliphatic carbocycles. The Morgan fingerprint density at radius 1 is 1.50 bits per heavy atom. The van der Waals surface area contributed by atoms with Gasteiger partial charge in [-0.3, -0.25) is 0 Å². The van der Waals surface area contributed by atoms with Gasteiger partial charge in [0.15, 0.2) is 0 Å². The average Bonchev–Trinajstić information content (AvgIpc) is 2.35. The van der Waals surface area contributed by atoms with Gasteiger partial charge in [-0.25, -0.2) is 4.79 Å². The van der Waals surface area contributed by atoms with E-state index in [-0.39, 0.29) is 6.10 Å². The van der Waals surface area contributed by atoms with Crippen LogP contribution >= 0.6 is 15.9 Å². The number of anilines is 1. The highest BCUT2D eigenvalue weighted by Crippen LogP contribution is 2.25. The average molecular weight is 342 g/mol. The van der Waals surface area contributed by atoms with Gasteiger partial charge in [0.25, 0.3) is 0 Å². The minimum Gasteiger partial charge on any atom is -0.478 e. The van der Waals surface area contributed by atoms with Crippen LogP contribution in [0.4, 0.5) is 5.69 Å². The number of carboxylic acids is 1. The third-order valence-corrected chi connectivity index (χ3v) is 3.18. The van der Waals surface area contributed by atoms with Gasteiger partial charge in [-0.1, -0.05) is 15.9 Å². The molecule has 0 saturated heterocycles. The highest BCUT2D eigenvalue weighted by molar-refractivity contribution is 9.10. The van der Waals surface area contributed by atoms with Gasteiger partial charge in [0.2, 0.25) is 0 Å². The molecule has 0 radical (unpaired) electrons. The predicted octanol–water partition coefficient (Wildman–Crippen LogP) is 3.41. The summed E-state index contributed by atoms with van der Waals surface area (Å²) in [5, 5.41) is 8.74. The fourth-order valence-corrected chi connectivity index (χ4v) is 2.09. The van der Waals surface area contributed by atoms with Crippen molar-refractivity contribution in [3.8, 4) is 0 Å². The Hall–Kier alpha value is -1.33. The molecular formula is C15H20BrNO3. The van der Waals surface area contributed by atoms with Crippen LogP contribution in [0.1, 0.15) is 19.4 Å². The molecule has 0 spiro atoms. The monoisotopic (exact) mass is 341 g/mol. The zero-order valence-corrected chi connectivity index (χ0v) is 13.6. The Labute approximate surface area is 128 Å². The van der Waals surface area contributed by atoms with E-state index in [2.05, 4.69) is 20.8 Å². The van der Waals surface area contributed by atoms with E-state index in [4.69, 9.17) is 9.84 Å². The van der Waals surface area contributed by atoms with E-state index in [0.29, 0.717) is 6.61 Å². The summed E-state index contributed by atoms with van der Waals surface area (Å²) in [4.78, 5) is 12.7. The summed E-state index contributed by atoms with van der Waals surface area (Å²) < 4.78 is 6.45. The second-order valence-electron chi connectivity index (χ2n) is 4.72. The van der Waals surface area contributed by atoms with Crippen LogP contribution in [0.2, 0.25) is 0 Å². The van der Waals surface area contributed by atoms with Crippen molar-refractivity contribution in [1.29, 1.82) is 0 Å². The maximum absolute atomic E-state index is 10.7. The standard InChI is InChI=1S/C15H20BrNO3/c1-11(2)20-9-8-17(3)14-6-5-13(16)10-12(14)4-7-15(18)19/h4-7,10-11H,8-9H2,1-3H3,(H,18,19)/b7-4+. The first-order chi connectivity index (χ1) is 9.40. The van der Waals surface area contributed by atoms with Gasteiger partial charge < -0.3 is 14.7 Å². The molecule has 1 aromatic carbocycles. The van der Waals surface area contributed by atoms with Crippen LogP contribution in [0.25, 0.3) is 6.08 Å². The van der Waals surface area contributed by atoms with Crippen LogP contribution in [0, 0.1) is 0 Å². The molecule has 20 heavy (non-hydrogen) atoms. The highest BCUT2D eigenvalue weighted by atomic mass is 79.9. The summed E-state index contributed by atoms with van der Waals surface area (Å²) in [6.45, 7) is 5.38. The number of ether oxygens (including phenoxy) is 1. The number of carboxylic acid groups (broad SMARTS) is 1. The first-order valence-electron chi connectivity index (χ1n) is 6.43. The molecule has 0 atom stereocenters. The van der Waals surface area contributed by atoms with Gasteiger partial charge in [-0.05, 0) is 43.7 Å². The van der Waals surface area contributed by atoms with Gasteiger partial charge in [0, 0.05) is 29.8 Å². The smallest absolute Gasteiger partial charge is 0.328 e. The number of carbonyl (C=O) groups is 1. The Bertz CT molecular complexity index is 486. The van der Waals surface area contributed by atoms with Crippen LogP contribution < -0.4 is 4.90 Å². The van der Waals surface area contributed by atoms with E-state index >= 15 is 0 Å². The molecule has 0 amide bonds. The molecule has 1 aromatic rings. The van der Waals surface area contributed by atoms with Crippen LogP contribution in [-0.4, -0.2) is 37.4 Å². The van der Waals surface area contributed by atoms with E-state index < -0.39 is 5.97 Å². The number of benzene rings is 1. The van der Waals surface area contributed by atoms with Gasteiger partial charge in [-0.15, -0.1) is 0 Å². The predicted molar refractivity (Wildman–Crippen MR) is 85.2 cm³/mol. The molecule has 0 aliphatic rings. The van der Waals surface area contributed by atoms with Gasteiger partial charge in [0.05, 0.1) is 12.7 Å². The molecule has 0 unspecified atom stereocenters. The Kier molecular flexibility index (Phi) is 6.75. The van der Waals surface area contributed by atoms with E-state index in [1.165, 1.54) is 0 Å². The zero-order valence-electron chi connectivity index (χ0n) is 12.0. The van der Waals surface area contributed by atoms with Crippen LogP contribution in [0.3, 0.4) is 0 Å². The molecule has 1 N–H and O–H groups in total. The Balaban J connectivity index is 2.84. The molecule has 1 rings (SSSR count). The fraction of sp³-hybridized carbons (Fsp3) is 0.400. The van der Waals surface area contributed by atoms with E-state index in [1.54, 1.807) is 6.08 Å². The molecule has 0 fully saturated rings. The van der Waals surface area contributed by atoms with Crippen molar-refractivity contribution in [2.45, 2.75) is 20.0 Å². The maximum Gasteiger partial charge on any atom is 0.328 e. The molecule has 0 bridgehead atoms. The van der Waals surface area contributed by atoms with Crippen molar-refractivity contribution in [3.05, 3.63) is 34.3 Å². The zero-order chi connectivity index (χ0) is 15.1. The molecule has 0 aliphatic heterocycles. The minimum absolute atomic E-state index is 0.208. The SMILES string of the molecule is CC(C)OCCN(C)c1ccc(Br)cc1/C=C/C(=O)O. The molecular weight excluding hydrogens is 322 g/mol. The molecule has 4 nitrogen and oxygen atoms in total. The summed E-state index contributed by atoms with van der Waals surface area (Å²) >= 11 is 3.40. The molecule has 0 saturated carbocycles. The lowest BCUT2D eigenvalue weighted by atomic mass is 10.1. The van der Waals surface area contributed by atoms with Gasteiger partial charge in [-0.2, -0.15) is 0 Å². The molecule has 0 heterocycles. The summed E-state index contributed by atoms with van der Waals surface area (Å²) in [6.07, 6.45) is 2.95. The van der Waals surface area contributed by atoms with Crippen molar-refractivity contribution in [2.24, 2.45) is 0 Å². The summed E-state index contributed by atoms with van der Waals surface area (Å²) in [5.74, 6) is -0.957. The van der Waals surface area contributed by atoms with Crippen molar-refractivity contribution < 1.29 is 14.6 Å². The summed E-state index contributed by atoms with van der Waals surface area (Å²) in [7, 11) is 1.96. The minimum atomic E-state index is -0.957. The molecule has 110 valence electrons. The number of hydrogen-bond donors (Lipinski definition) is 1. The first kappa shape index (κ1) is 16.7. The van der Waals surface area contributed by atoms with Crippen LogP contribution in [0.15, 0.2) is 28.7 Å². The highest BCUT2D eigenvalue weighted by Gasteiger charge is 2.07. The lowest BCUT2D eigenvalue weighted by molar-refractivity contribution is -0.131. The number of likely N-dealkylation sites (N-methyl/N-ethyl adjacent to an activating group) is 1. The maximum atomic E-state index is 10.7. The van der Waals surface area contributed by atoms with Crippen molar-refractivity contribution >= 4 is 33.7 Å². The second kappa shape index (κ2) is 8.07. The lowest BCUT2D eigenvalue weighted by Gasteiger charge is -2.22. The van der Waals surface area contributed by atoms with Gasteiger partial charge >= 0.3 is 5.97 Å². The quantitative estimate of drug-likeness (QED) is 0.772. The third-order valence-electron chi connectivity index (χ3n) is 2.68. The number of hydrogen-bond acceptors (Lipinski definition) is 3.